The summed E-state index contributed by atoms with van der Waals surface area (Å²) in [5, 5.41) is 26.9. The van der Waals surface area contributed by atoms with Crippen LogP contribution in [0.4, 0.5) is 0 Å². The third-order valence-corrected chi connectivity index (χ3v) is 6.40. The second-order valence-electron chi connectivity index (χ2n) is 9.60. The highest BCUT2D eigenvalue weighted by atomic mass is 16.4. The minimum atomic E-state index is -1.22. The predicted octanol–water partition coefficient (Wildman–Crippen LogP) is -0.758. The Morgan fingerprint density at radius 1 is 0.897 bits per heavy atom. The molecule has 0 aromatic heterocycles. The van der Waals surface area contributed by atoms with E-state index in [1.165, 1.54) is 12.1 Å². The van der Waals surface area contributed by atoms with Crippen LogP contribution in [0.2, 0.25) is 0 Å². The average molecular weight is 551 g/mol. The Morgan fingerprint density at radius 2 is 1.51 bits per heavy atom. The van der Waals surface area contributed by atoms with E-state index in [4.69, 9.17) is 17.2 Å². The quantitative estimate of drug-likeness (QED) is 0.107. The van der Waals surface area contributed by atoms with E-state index in [0.717, 1.165) is 0 Å². The molecule has 0 fully saturated rings. The molecular weight excluding hydrogens is 508 g/mol. The molecule has 0 aliphatic heterocycles. The van der Waals surface area contributed by atoms with Gasteiger partial charge in [-0.1, -0.05) is 32.4 Å². The summed E-state index contributed by atoms with van der Waals surface area (Å²) in [6.07, 6.45) is 1.64. The van der Waals surface area contributed by atoms with Crippen LogP contribution in [0.25, 0.3) is 0 Å². The fourth-order valence-corrected chi connectivity index (χ4v) is 3.75. The average Bonchev–Trinajstić information content (AvgIpc) is 2.89. The van der Waals surface area contributed by atoms with Gasteiger partial charge in [0.2, 0.25) is 23.6 Å². The van der Waals surface area contributed by atoms with Gasteiger partial charge in [0.1, 0.15) is 23.9 Å². The van der Waals surface area contributed by atoms with Gasteiger partial charge in [-0.2, -0.15) is 0 Å². The SMILES string of the molecule is CCC(C)C(NC(=O)C(N)CCC(N)=O)C(=O)NC(Cc1ccc(O)cc1)C(=O)NC(CCCCN)C(=O)O. The molecule has 13 heteroatoms. The van der Waals surface area contributed by atoms with Crippen molar-refractivity contribution in [1.29, 1.82) is 0 Å². The number of phenolic OH excluding ortho intramolecular Hbond substituents is 1. The summed E-state index contributed by atoms with van der Waals surface area (Å²) in [6, 6.07) is 1.49. The van der Waals surface area contributed by atoms with Crippen molar-refractivity contribution in [3.05, 3.63) is 29.8 Å². The molecule has 4 amide bonds. The molecule has 0 bridgehead atoms. The van der Waals surface area contributed by atoms with E-state index in [1.54, 1.807) is 19.1 Å². The van der Waals surface area contributed by atoms with Gasteiger partial charge in [-0.15, -0.1) is 0 Å². The van der Waals surface area contributed by atoms with E-state index in [0.29, 0.717) is 31.4 Å². The number of aliphatic carboxylic acids is 1. The number of amides is 4. The van der Waals surface area contributed by atoms with Crippen molar-refractivity contribution < 1.29 is 34.2 Å². The molecule has 0 spiro atoms. The number of primary amides is 1. The zero-order valence-electron chi connectivity index (χ0n) is 22.5. The molecule has 13 nitrogen and oxygen atoms in total. The molecule has 39 heavy (non-hydrogen) atoms. The first-order chi connectivity index (χ1) is 18.4. The number of benzene rings is 1. The van der Waals surface area contributed by atoms with Crippen molar-refractivity contribution in [1.82, 2.24) is 16.0 Å². The molecule has 0 heterocycles. The van der Waals surface area contributed by atoms with Crippen LogP contribution >= 0.6 is 0 Å². The van der Waals surface area contributed by atoms with Crippen LogP contribution < -0.4 is 33.2 Å². The second kappa shape index (κ2) is 17.0. The van der Waals surface area contributed by atoms with E-state index in [1.807, 2.05) is 6.92 Å². The lowest BCUT2D eigenvalue weighted by molar-refractivity contribution is -0.142. The fourth-order valence-electron chi connectivity index (χ4n) is 3.75. The van der Waals surface area contributed by atoms with Gasteiger partial charge in [0.05, 0.1) is 6.04 Å². The van der Waals surface area contributed by atoms with Crippen LogP contribution in [0.3, 0.4) is 0 Å². The molecule has 11 N–H and O–H groups in total. The Kier molecular flexibility index (Phi) is 14.5. The molecule has 5 atom stereocenters. The van der Waals surface area contributed by atoms with Gasteiger partial charge >= 0.3 is 5.97 Å². The molecule has 0 radical (unpaired) electrons. The minimum absolute atomic E-state index is 0.00261. The lowest BCUT2D eigenvalue weighted by Gasteiger charge is -2.28. The molecular formula is C26H42N6O7. The first-order valence-corrected chi connectivity index (χ1v) is 13.0. The van der Waals surface area contributed by atoms with Gasteiger partial charge in [-0.3, -0.25) is 19.2 Å². The number of carboxylic acids is 1. The number of carbonyl (C=O) groups excluding carboxylic acids is 4. The maximum atomic E-state index is 13.4. The predicted molar refractivity (Wildman–Crippen MR) is 144 cm³/mol. The third-order valence-electron chi connectivity index (χ3n) is 6.40. The van der Waals surface area contributed by atoms with Crippen LogP contribution in [-0.2, 0) is 30.4 Å². The summed E-state index contributed by atoms with van der Waals surface area (Å²) < 4.78 is 0. The molecule has 0 aliphatic rings. The number of aromatic hydroxyl groups is 1. The molecule has 1 aromatic carbocycles. The third kappa shape index (κ3) is 12.1. The molecule has 1 rings (SSSR count). The van der Waals surface area contributed by atoms with Crippen molar-refractivity contribution in [2.75, 3.05) is 6.54 Å². The highest BCUT2D eigenvalue weighted by molar-refractivity contribution is 5.94. The van der Waals surface area contributed by atoms with Crippen molar-refractivity contribution in [2.24, 2.45) is 23.1 Å². The van der Waals surface area contributed by atoms with Crippen molar-refractivity contribution in [3.8, 4) is 5.75 Å². The Morgan fingerprint density at radius 3 is 2.05 bits per heavy atom. The maximum absolute atomic E-state index is 13.4. The number of nitrogens with two attached hydrogens (primary N) is 3. The highest BCUT2D eigenvalue weighted by Crippen LogP contribution is 2.14. The van der Waals surface area contributed by atoms with Gasteiger partial charge in [0.25, 0.3) is 0 Å². The first-order valence-electron chi connectivity index (χ1n) is 13.0. The van der Waals surface area contributed by atoms with Crippen molar-refractivity contribution in [2.45, 2.75) is 83.0 Å². The monoisotopic (exact) mass is 550 g/mol. The Bertz CT molecular complexity index is 972. The Hall–Kier alpha value is -3.71. The van der Waals surface area contributed by atoms with E-state index in [2.05, 4.69) is 16.0 Å². The lowest BCUT2D eigenvalue weighted by Crippen LogP contribution is -2.59. The van der Waals surface area contributed by atoms with Gasteiger partial charge < -0.3 is 43.4 Å². The van der Waals surface area contributed by atoms with Crippen molar-refractivity contribution >= 4 is 29.6 Å². The lowest BCUT2D eigenvalue weighted by atomic mass is 9.96. The smallest absolute Gasteiger partial charge is 0.326 e. The Balaban J connectivity index is 3.14. The summed E-state index contributed by atoms with van der Waals surface area (Å²) in [7, 11) is 0. The summed E-state index contributed by atoms with van der Waals surface area (Å²) in [6.45, 7) is 3.95. The van der Waals surface area contributed by atoms with E-state index in [-0.39, 0.29) is 37.4 Å². The first kappa shape index (κ1) is 33.3. The second-order valence-corrected chi connectivity index (χ2v) is 9.60. The van der Waals surface area contributed by atoms with Gasteiger partial charge in [0, 0.05) is 12.8 Å². The summed E-state index contributed by atoms with van der Waals surface area (Å²) in [5.41, 5.74) is 17.0. The Labute approximate surface area is 228 Å². The van der Waals surface area contributed by atoms with Crippen LogP contribution in [-0.4, -0.2) is 70.5 Å². The summed E-state index contributed by atoms with van der Waals surface area (Å²) >= 11 is 0. The molecule has 0 saturated carbocycles. The topological polar surface area (TPSA) is 240 Å². The fraction of sp³-hybridized carbons (Fsp3) is 0.577. The van der Waals surface area contributed by atoms with Crippen LogP contribution in [0.15, 0.2) is 24.3 Å². The summed E-state index contributed by atoms with van der Waals surface area (Å²) in [4.78, 5) is 62.0. The number of nitrogens with one attached hydrogen (secondary N) is 3. The number of unbranched alkanes of at least 4 members (excludes halogenated alkanes) is 1. The molecule has 0 saturated heterocycles. The van der Waals surface area contributed by atoms with E-state index < -0.39 is 53.8 Å². The molecule has 218 valence electrons. The number of phenols is 1. The van der Waals surface area contributed by atoms with Crippen molar-refractivity contribution in [3.63, 3.8) is 0 Å². The number of hydrogen-bond acceptors (Lipinski definition) is 8. The van der Waals surface area contributed by atoms with Crippen LogP contribution in [0, 0.1) is 5.92 Å². The maximum Gasteiger partial charge on any atom is 0.326 e. The molecule has 1 aromatic rings. The van der Waals surface area contributed by atoms with Gasteiger partial charge in [0.15, 0.2) is 0 Å². The summed E-state index contributed by atoms with van der Waals surface area (Å²) in [5.74, 6) is -4.19. The van der Waals surface area contributed by atoms with E-state index >= 15 is 0 Å². The largest absolute Gasteiger partial charge is 0.508 e. The number of rotatable bonds is 18. The van der Waals surface area contributed by atoms with Gasteiger partial charge in [-0.05, 0) is 55.8 Å². The number of hydrogen-bond donors (Lipinski definition) is 8. The van der Waals surface area contributed by atoms with Crippen LogP contribution in [0.5, 0.6) is 5.75 Å². The molecule has 0 aliphatic carbocycles. The van der Waals surface area contributed by atoms with E-state index in [9.17, 15) is 34.2 Å². The highest BCUT2D eigenvalue weighted by Gasteiger charge is 2.32. The van der Waals surface area contributed by atoms with Gasteiger partial charge in [-0.25, -0.2) is 4.79 Å². The zero-order valence-corrected chi connectivity index (χ0v) is 22.5. The number of carbonyl (C=O) groups is 5. The minimum Gasteiger partial charge on any atom is -0.508 e. The van der Waals surface area contributed by atoms with Crippen LogP contribution in [0.1, 0.15) is 57.9 Å². The molecule has 5 unspecified atom stereocenters. The zero-order chi connectivity index (χ0) is 29.5. The number of carboxylic acid groups (broad SMARTS) is 1. The standard InChI is InChI=1S/C26H42N6O7/c1-3-15(2)22(32-23(35)18(28)11-12-21(29)34)25(37)31-20(14-16-7-9-17(33)10-8-16)24(36)30-19(26(38)39)6-4-5-13-27/h7-10,15,18-20,22,33H,3-6,11-14,27-28H2,1-2H3,(H2,29,34)(H,30,36)(H,31,37)(H,32,35)(H,38,39). The normalized spacial score (nSPS) is 14.8.